The number of ether oxygens (including phenoxy) is 1. The predicted molar refractivity (Wildman–Crippen MR) is 69.6 cm³/mol. The van der Waals surface area contributed by atoms with Crippen LogP contribution in [-0.4, -0.2) is 26.0 Å². The van der Waals surface area contributed by atoms with Crippen molar-refractivity contribution in [2.45, 2.75) is 18.7 Å². The molecule has 1 N–H and O–H groups in total. The van der Waals surface area contributed by atoms with E-state index in [1.807, 2.05) is 0 Å². The molecule has 20 heavy (non-hydrogen) atoms. The first kappa shape index (κ1) is 15.9. The zero-order chi connectivity index (χ0) is 15.3. The minimum absolute atomic E-state index is 0.0721. The molecule has 0 heterocycles. The van der Waals surface area contributed by atoms with Gasteiger partial charge in [-0.05, 0) is 18.1 Å². The number of amides is 1. The molecule has 0 spiro atoms. The number of carbonyl (C=O) groups excluding carboxylic acids is 1. The Labute approximate surface area is 115 Å². The molecule has 0 fully saturated rings. The molecule has 0 saturated carbocycles. The molecule has 1 aromatic carbocycles. The molecule has 0 bridgehead atoms. The van der Waals surface area contributed by atoms with Crippen LogP contribution in [0.25, 0.3) is 0 Å². The summed E-state index contributed by atoms with van der Waals surface area (Å²) in [6.45, 7) is 3.69. The Morgan fingerprint density at radius 1 is 1.35 bits per heavy atom. The number of hydrogen-bond donors (Lipinski definition) is 1. The molecule has 1 rings (SSSR count). The van der Waals surface area contributed by atoms with Gasteiger partial charge in [0.05, 0.1) is 16.4 Å². The molecule has 0 saturated heterocycles. The van der Waals surface area contributed by atoms with Crippen LogP contribution in [0.3, 0.4) is 0 Å². The fourth-order valence-electron chi connectivity index (χ4n) is 1.19. The van der Waals surface area contributed by atoms with E-state index in [9.17, 15) is 23.3 Å². The van der Waals surface area contributed by atoms with Crippen molar-refractivity contribution in [2.24, 2.45) is 5.92 Å². The van der Waals surface area contributed by atoms with E-state index in [4.69, 9.17) is 0 Å². The molecule has 9 heteroatoms. The number of rotatable bonds is 5. The molecule has 0 aliphatic heterocycles. The van der Waals surface area contributed by atoms with Gasteiger partial charge >= 0.3 is 6.09 Å². The molecule has 110 valence electrons. The fraction of sp³-hybridized carbons (Fsp3) is 0.364. The third-order valence-corrected chi connectivity index (χ3v) is 3.45. The molecule has 0 aromatic heterocycles. The Morgan fingerprint density at radius 2 is 1.90 bits per heavy atom. The van der Waals surface area contributed by atoms with Gasteiger partial charge in [0.15, 0.2) is 0 Å². The Kier molecular flexibility index (Phi) is 5.03. The van der Waals surface area contributed by atoms with Gasteiger partial charge in [0.2, 0.25) is 0 Å². The van der Waals surface area contributed by atoms with Gasteiger partial charge in [-0.15, -0.1) is 0 Å². The van der Waals surface area contributed by atoms with Crippen molar-refractivity contribution in [2.75, 3.05) is 6.61 Å². The number of non-ortho nitro benzene ring substituents is 1. The van der Waals surface area contributed by atoms with Gasteiger partial charge in [0.1, 0.15) is 0 Å². The SMILES string of the molecule is CC(C)COC(=O)NS(=O)(=O)c1ccc([N+](=O)[O-])cc1. The van der Waals surface area contributed by atoms with E-state index in [1.165, 1.54) is 0 Å². The highest BCUT2D eigenvalue weighted by Gasteiger charge is 2.19. The second-order valence-corrected chi connectivity index (χ2v) is 6.03. The van der Waals surface area contributed by atoms with Gasteiger partial charge in [-0.2, -0.15) is 0 Å². The summed E-state index contributed by atoms with van der Waals surface area (Å²) in [7, 11) is -4.10. The second-order valence-electron chi connectivity index (χ2n) is 4.35. The third kappa shape index (κ3) is 4.50. The number of sulfonamides is 1. The highest BCUT2D eigenvalue weighted by Crippen LogP contribution is 2.15. The van der Waals surface area contributed by atoms with Crippen molar-refractivity contribution in [3.05, 3.63) is 34.4 Å². The Bertz CT molecular complexity index is 594. The van der Waals surface area contributed by atoms with E-state index >= 15 is 0 Å². The van der Waals surface area contributed by atoms with E-state index < -0.39 is 21.0 Å². The van der Waals surface area contributed by atoms with Crippen molar-refractivity contribution in [3.63, 3.8) is 0 Å². The lowest BCUT2D eigenvalue weighted by molar-refractivity contribution is -0.384. The van der Waals surface area contributed by atoms with Gasteiger partial charge < -0.3 is 4.74 Å². The van der Waals surface area contributed by atoms with Gasteiger partial charge in [-0.1, -0.05) is 13.8 Å². The van der Waals surface area contributed by atoms with E-state index in [2.05, 4.69) is 4.74 Å². The summed E-state index contributed by atoms with van der Waals surface area (Å²) < 4.78 is 30.0. The molecule has 0 atom stereocenters. The molecule has 0 radical (unpaired) electrons. The molecule has 0 unspecified atom stereocenters. The van der Waals surface area contributed by atoms with Crippen LogP contribution >= 0.6 is 0 Å². The summed E-state index contributed by atoms with van der Waals surface area (Å²) in [5.74, 6) is 0.0721. The summed E-state index contributed by atoms with van der Waals surface area (Å²) in [6, 6.07) is 4.15. The number of carbonyl (C=O) groups is 1. The van der Waals surface area contributed by atoms with E-state index in [-0.39, 0.29) is 23.1 Å². The van der Waals surface area contributed by atoms with Gasteiger partial charge in [-0.25, -0.2) is 17.9 Å². The maximum atomic E-state index is 11.8. The van der Waals surface area contributed by atoms with Crippen LogP contribution in [0.1, 0.15) is 13.8 Å². The first-order valence-corrected chi connectivity index (χ1v) is 7.14. The number of nitro groups is 1. The van der Waals surface area contributed by atoms with E-state index in [0.29, 0.717) is 0 Å². The quantitative estimate of drug-likeness (QED) is 0.653. The number of benzene rings is 1. The van der Waals surface area contributed by atoms with Crippen LogP contribution in [0.2, 0.25) is 0 Å². The largest absolute Gasteiger partial charge is 0.449 e. The number of hydrogen-bond acceptors (Lipinski definition) is 6. The Balaban J connectivity index is 2.78. The number of nitrogens with one attached hydrogen (secondary N) is 1. The van der Waals surface area contributed by atoms with Crippen molar-refractivity contribution >= 4 is 21.8 Å². The maximum absolute atomic E-state index is 11.8. The fourth-order valence-corrected chi connectivity index (χ4v) is 2.08. The third-order valence-electron chi connectivity index (χ3n) is 2.12. The summed E-state index contributed by atoms with van der Waals surface area (Å²) in [6.07, 6.45) is -1.09. The van der Waals surface area contributed by atoms with Crippen LogP contribution in [0.15, 0.2) is 29.2 Å². The van der Waals surface area contributed by atoms with Crippen LogP contribution < -0.4 is 4.72 Å². The zero-order valence-electron chi connectivity index (χ0n) is 10.9. The first-order valence-electron chi connectivity index (χ1n) is 5.66. The molecule has 1 aromatic rings. The van der Waals surface area contributed by atoms with Crippen LogP contribution in [0.5, 0.6) is 0 Å². The second kappa shape index (κ2) is 6.33. The normalized spacial score (nSPS) is 11.2. The smallest absolute Gasteiger partial charge is 0.421 e. The number of nitro benzene ring substituents is 1. The van der Waals surface area contributed by atoms with Crippen LogP contribution in [0.4, 0.5) is 10.5 Å². The summed E-state index contributed by atoms with van der Waals surface area (Å²) in [5, 5.41) is 10.5. The lowest BCUT2D eigenvalue weighted by Gasteiger charge is -2.09. The van der Waals surface area contributed by atoms with Crippen molar-refractivity contribution in [1.29, 1.82) is 0 Å². The molecule has 8 nitrogen and oxygen atoms in total. The average Bonchev–Trinajstić information content (AvgIpc) is 2.36. The van der Waals surface area contributed by atoms with Crippen molar-refractivity contribution in [1.82, 2.24) is 4.72 Å². The van der Waals surface area contributed by atoms with Crippen LogP contribution in [-0.2, 0) is 14.8 Å². The van der Waals surface area contributed by atoms with Gasteiger partial charge in [0.25, 0.3) is 15.7 Å². The molecule has 0 aliphatic rings. The standard InChI is InChI=1S/C11H14N2O6S/c1-8(2)7-19-11(14)12-20(17,18)10-5-3-9(4-6-10)13(15)16/h3-6,8H,7H2,1-2H3,(H,12,14). The molecule has 1 amide bonds. The van der Waals surface area contributed by atoms with E-state index in [1.54, 1.807) is 18.6 Å². The highest BCUT2D eigenvalue weighted by atomic mass is 32.2. The summed E-state index contributed by atoms with van der Waals surface area (Å²) in [5.41, 5.74) is -0.244. The van der Waals surface area contributed by atoms with Gasteiger partial charge in [0, 0.05) is 12.1 Å². The maximum Gasteiger partial charge on any atom is 0.421 e. The predicted octanol–water partition coefficient (Wildman–Crippen LogP) is 1.67. The van der Waals surface area contributed by atoms with E-state index in [0.717, 1.165) is 24.3 Å². The monoisotopic (exact) mass is 302 g/mol. The van der Waals surface area contributed by atoms with Gasteiger partial charge in [-0.3, -0.25) is 10.1 Å². The average molecular weight is 302 g/mol. The summed E-state index contributed by atoms with van der Waals surface area (Å²) >= 11 is 0. The molecule has 0 aliphatic carbocycles. The Hall–Kier alpha value is -2.16. The lowest BCUT2D eigenvalue weighted by Crippen LogP contribution is -2.31. The lowest BCUT2D eigenvalue weighted by atomic mass is 10.2. The molecular weight excluding hydrogens is 288 g/mol. The summed E-state index contributed by atoms with van der Waals surface area (Å²) in [4.78, 5) is 20.8. The minimum Gasteiger partial charge on any atom is -0.449 e. The minimum atomic E-state index is -4.10. The van der Waals surface area contributed by atoms with Crippen molar-refractivity contribution < 1.29 is 22.9 Å². The number of nitrogens with zero attached hydrogens (tertiary/aromatic N) is 1. The first-order chi connectivity index (χ1) is 9.22. The van der Waals surface area contributed by atoms with Crippen LogP contribution in [0, 0.1) is 16.0 Å². The Morgan fingerprint density at radius 3 is 2.35 bits per heavy atom. The zero-order valence-corrected chi connectivity index (χ0v) is 11.7. The van der Waals surface area contributed by atoms with Crippen molar-refractivity contribution in [3.8, 4) is 0 Å². The highest BCUT2D eigenvalue weighted by molar-refractivity contribution is 7.90. The topological polar surface area (TPSA) is 116 Å². The molecular formula is C11H14N2O6S.